The van der Waals surface area contributed by atoms with Gasteiger partial charge in [-0.1, -0.05) is 6.42 Å². The molecular formula is C15H15F2NO. The maximum atomic E-state index is 13.8. The highest BCUT2D eigenvalue weighted by atomic mass is 19.1. The number of hydrogen-bond donors (Lipinski definition) is 1. The van der Waals surface area contributed by atoms with Crippen molar-refractivity contribution in [1.82, 2.24) is 0 Å². The molecule has 3 rings (SSSR count). The number of benzene rings is 1. The third-order valence-electron chi connectivity index (χ3n) is 4.84. The third-order valence-corrected chi connectivity index (χ3v) is 4.84. The Morgan fingerprint density at radius 3 is 2.74 bits per heavy atom. The highest BCUT2D eigenvalue weighted by Gasteiger charge is 2.56. The van der Waals surface area contributed by atoms with E-state index in [1.165, 1.54) is 0 Å². The zero-order chi connectivity index (χ0) is 13.6. The number of nitrogens with zero attached hydrogens (tertiary/aromatic N) is 1. The van der Waals surface area contributed by atoms with Crippen LogP contribution in [0.5, 0.6) is 0 Å². The monoisotopic (exact) mass is 263 g/mol. The van der Waals surface area contributed by atoms with Crippen LogP contribution in [0.15, 0.2) is 18.2 Å². The molecule has 0 aromatic heterocycles. The molecule has 2 aliphatic rings. The van der Waals surface area contributed by atoms with Gasteiger partial charge < -0.3 is 5.11 Å². The molecule has 0 radical (unpaired) electrons. The molecule has 0 amide bonds. The quantitative estimate of drug-likeness (QED) is 0.889. The maximum absolute atomic E-state index is 13.8. The van der Waals surface area contributed by atoms with E-state index in [0.29, 0.717) is 12.3 Å². The minimum Gasteiger partial charge on any atom is -0.387 e. The van der Waals surface area contributed by atoms with E-state index in [4.69, 9.17) is 0 Å². The van der Waals surface area contributed by atoms with Gasteiger partial charge in [0.2, 0.25) is 0 Å². The minimum absolute atomic E-state index is 0.0888. The predicted molar refractivity (Wildman–Crippen MR) is 64.8 cm³/mol. The summed E-state index contributed by atoms with van der Waals surface area (Å²) in [7, 11) is 0. The first kappa shape index (κ1) is 12.6. The molecule has 2 fully saturated rings. The average molecular weight is 263 g/mol. The Balaban J connectivity index is 2.01. The molecule has 100 valence electrons. The van der Waals surface area contributed by atoms with E-state index < -0.39 is 23.2 Å². The van der Waals surface area contributed by atoms with Crippen molar-refractivity contribution in [1.29, 1.82) is 5.26 Å². The van der Waals surface area contributed by atoms with Gasteiger partial charge in [0.15, 0.2) is 0 Å². The topological polar surface area (TPSA) is 44.0 Å². The number of nitriles is 1. The van der Waals surface area contributed by atoms with Crippen molar-refractivity contribution in [3.8, 4) is 6.07 Å². The summed E-state index contributed by atoms with van der Waals surface area (Å²) < 4.78 is 27.0. The summed E-state index contributed by atoms with van der Waals surface area (Å²) in [6, 6.07) is 5.25. The van der Waals surface area contributed by atoms with E-state index in [9.17, 15) is 19.1 Å². The molecule has 0 saturated heterocycles. The van der Waals surface area contributed by atoms with Gasteiger partial charge in [0.05, 0.1) is 11.5 Å². The van der Waals surface area contributed by atoms with Crippen LogP contribution in [0.25, 0.3) is 0 Å². The van der Waals surface area contributed by atoms with Gasteiger partial charge in [0, 0.05) is 5.56 Å². The molecule has 0 aliphatic heterocycles. The molecule has 2 aliphatic carbocycles. The Bertz CT molecular complexity index is 554. The van der Waals surface area contributed by atoms with E-state index in [1.54, 1.807) is 0 Å². The zero-order valence-electron chi connectivity index (χ0n) is 10.4. The van der Waals surface area contributed by atoms with Crippen molar-refractivity contribution in [2.45, 2.75) is 31.8 Å². The van der Waals surface area contributed by atoms with Crippen LogP contribution >= 0.6 is 0 Å². The lowest BCUT2D eigenvalue weighted by Gasteiger charge is -2.35. The lowest BCUT2D eigenvalue weighted by atomic mass is 9.68. The van der Waals surface area contributed by atoms with Crippen LogP contribution in [0.3, 0.4) is 0 Å². The molecule has 1 aromatic carbocycles. The second-order valence-corrected chi connectivity index (χ2v) is 5.80. The van der Waals surface area contributed by atoms with Gasteiger partial charge in [-0.3, -0.25) is 0 Å². The normalized spacial score (nSPS) is 34.2. The van der Waals surface area contributed by atoms with Gasteiger partial charge in [0.1, 0.15) is 17.7 Å². The van der Waals surface area contributed by atoms with E-state index in [1.807, 2.05) is 0 Å². The van der Waals surface area contributed by atoms with Crippen molar-refractivity contribution < 1.29 is 13.9 Å². The molecule has 4 unspecified atom stereocenters. The summed E-state index contributed by atoms with van der Waals surface area (Å²) in [5, 5.41) is 20.0. The Morgan fingerprint density at radius 2 is 2.16 bits per heavy atom. The SMILES string of the molecule is N#CC1(C(O)c2cc(F)ccc2F)CC2CCC1C2. The molecule has 2 nitrogen and oxygen atoms in total. The van der Waals surface area contributed by atoms with Crippen molar-refractivity contribution in [3.63, 3.8) is 0 Å². The fraction of sp³-hybridized carbons (Fsp3) is 0.533. The minimum atomic E-state index is -1.25. The highest BCUT2D eigenvalue weighted by Crippen LogP contribution is 2.60. The second-order valence-electron chi connectivity index (χ2n) is 5.80. The average Bonchev–Trinajstić information content (AvgIpc) is 3.01. The number of rotatable bonds is 2. The molecule has 1 aromatic rings. The summed E-state index contributed by atoms with van der Waals surface area (Å²) in [6.45, 7) is 0. The van der Waals surface area contributed by atoms with Crippen LogP contribution in [0.2, 0.25) is 0 Å². The maximum Gasteiger partial charge on any atom is 0.129 e. The summed E-state index contributed by atoms with van der Waals surface area (Å²) in [6.07, 6.45) is 2.23. The largest absolute Gasteiger partial charge is 0.387 e. The van der Waals surface area contributed by atoms with Crippen LogP contribution in [-0.2, 0) is 0 Å². The van der Waals surface area contributed by atoms with Crippen LogP contribution in [0.4, 0.5) is 8.78 Å². The van der Waals surface area contributed by atoms with Crippen LogP contribution in [0, 0.1) is 40.2 Å². The van der Waals surface area contributed by atoms with Crippen molar-refractivity contribution >= 4 is 0 Å². The number of hydrogen-bond acceptors (Lipinski definition) is 2. The fourth-order valence-electron chi connectivity index (χ4n) is 3.91. The molecule has 4 atom stereocenters. The van der Waals surface area contributed by atoms with Gasteiger partial charge in [-0.25, -0.2) is 8.78 Å². The number of aliphatic hydroxyl groups excluding tert-OH is 1. The molecule has 1 N–H and O–H groups in total. The van der Waals surface area contributed by atoms with E-state index in [-0.39, 0.29) is 11.5 Å². The van der Waals surface area contributed by atoms with Crippen molar-refractivity contribution in [2.75, 3.05) is 0 Å². The van der Waals surface area contributed by atoms with Gasteiger partial charge in [-0.15, -0.1) is 0 Å². The Kier molecular flexibility index (Phi) is 2.83. The standard InChI is InChI=1S/C15H15F2NO/c16-11-3-4-13(17)12(6-11)14(19)15(8-18)7-9-1-2-10(15)5-9/h3-4,6,9-10,14,19H,1-2,5,7H2. The first-order valence-electron chi connectivity index (χ1n) is 6.61. The molecule has 2 saturated carbocycles. The molecule has 2 bridgehead atoms. The molecular weight excluding hydrogens is 248 g/mol. The van der Waals surface area contributed by atoms with Crippen LogP contribution < -0.4 is 0 Å². The van der Waals surface area contributed by atoms with E-state index in [2.05, 4.69) is 6.07 Å². The van der Waals surface area contributed by atoms with E-state index in [0.717, 1.165) is 37.5 Å². The molecule has 0 spiro atoms. The zero-order valence-corrected chi connectivity index (χ0v) is 10.4. The van der Waals surface area contributed by atoms with Gasteiger partial charge >= 0.3 is 0 Å². The second kappa shape index (κ2) is 4.28. The highest BCUT2D eigenvalue weighted by molar-refractivity contribution is 5.28. The summed E-state index contributed by atoms with van der Waals surface area (Å²) in [5.74, 6) is -0.700. The Morgan fingerprint density at radius 1 is 1.37 bits per heavy atom. The molecule has 4 heteroatoms. The Labute approximate surface area is 110 Å². The van der Waals surface area contributed by atoms with Crippen molar-refractivity contribution in [2.24, 2.45) is 17.3 Å². The van der Waals surface area contributed by atoms with E-state index >= 15 is 0 Å². The summed E-state index contributed by atoms with van der Waals surface area (Å²) in [5.41, 5.74) is -1.04. The smallest absolute Gasteiger partial charge is 0.129 e. The van der Waals surface area contributed by atoms with Crippen LogP contribution in [0.1, 0.15) is 37.4 Å². The summed E-state index contributed by atoms with van der Waals surface area (Å²) >= 11 is 0. The van der Waals surface area contributed by atoms with Gasteiger partial charge in [0.25, 0.3) is 0 Å². The number of aliphatic hydroxyl groups is 1. The third kappa shape index (κ3) is 1.76. The molecule has 19 heavy (non-hydrogen) atoms. The fourth-order valence-corrected chi connectivity index (χ4v) is 3.91. The first-order chi connectivity index (χ1) is 9.06. The summed E-state index contributed by atoms with van der Waals surface area (Å²) in [4.78, 5) is 0. The number of halogens is 2. The van der Waals surface area contributed by atoms with Gasteiger partial charge in [-0.05, 0) is 49.3 Å². The lowest BCUT2D eigenvalue weighted by Crippen LogP contribution is -2.33. The predicted octanol–water partition coefficient (Wildman–Crippen LogP) is 3.33. The molecule has 0 heterocycles. The van der Waals surface area contributed by atoms with Gasteiger partial charge in [-0.2, -0.15) is 5.26 Å². The first-order valence-corrected chi connectivity index (χ1v) is 6.61. The lowest BCUT2D eigenvalue weighted by molar-refractivity contribution is 0.0206. The Hall–Kier alpha value is -1.47. The van der Waals surface area contributed by atoms with Crippen molar-refractivity contribution in [3.05, 3.63) is 35.4 Å². The van der Waals surface area contributed by atoms with Crippen LogP contribution in [-0.4, -0.2) is 5.11 Å². The number of fused-ring (bicyclic) bond motifs is 2.